The van der Waals surface area contributed by atoms with E-state index in [2.05, 4.69) is 5.32 Å². The van der Waals surface area contributed by atoms with E-state index in [1.165, 1.54) is 17.0 Å². The first-order chi connectivity index (χ1) is 12.7. The van der Waals surface area contributed by atoms with Gasteiger partial charge in [0.1, 0.15) is 5.56 Å². The largest absolute Gasteiger partial charge is 0.476 e. The number of nitro benzene ring substituents is 1. The number of rotatable bonds is 4. The topological polar surface area (TPSA) is 102 Å². The van der Waals surface area contributed by atoms with Crippen LogP contribution in [0, 0.1) is 10.1 Å². The standard InChI is InChI=1S/C19H19N3O5/c1-19(2)18(24)21(3)15-9-13(14(22(25)26)10-16(15)27-19)17(23)20-11-12-7-5-4-6-8-12/h4-10H,11H2,1-3H3,(H,20,23). The fraction of sp³-hybridized carbons (Fsp3) is 0.263. The van der Waals surface area contributed by atoms with Crippen LogP contribution < -0.4 is 15.0 Å². The van der Waals surface area contributed by atoms with E-state index < -0.39 is 16.4 Å². The highest BCUT2D eigenvalue weighted by Gasteiger charge is 2.41. The molecule has 3 rings (SSSR count). The smallest absolute Gasteiger partial charge is 0.286 e. The van der Waals surface area contributed by atoms with Gasteiger partial charge in [-0.3, -0.25) is 19.7 Å². The number of likely N-dealkylation sites (N-methyl/N-ethyl adjacent to an activating group) is 1. The van der Waals surface area contributed by atoms with Crippen LogP contribution in [0.1, 0.15) is 29.8 Å². The molecule has 2 amide bonds. The first kappa shape index (κ1) is 18.4. The van der Waals surface area contributed by atoms with E-state index >= 15 is 0 Å². The van der Waals surface area contributed by atoms with Crippen LogP contribution in [0.3, 0.4) is 0 Å². The quantitative estimate of drug-likeness (QED) is 0.659. The molecule has 2 aromatic rings. The number of hydrogen-bond acceptors (Lipinski definition) is 5. The summed E-state index contributed by atoms with van der Waals surface area (Å²) in [5.74, 6) is -0.716. The van der Waals surface area contributed by atoms with E-state index in [4.69, 9.17) is 4.74 Å². The van der Waals surface area contributed by atoms with E-state index in [9.17, 15) is 19.7 Å². The maximum Gasteiger partial charge on any atom is 0.286 e. The van der Waals surface area contributed by atoms with Crippen LogP contribution in [0.4, 0.5) is 11.4 Å². The minimum Gasteiger partial charge on any atom is -0.476 e. The zero-order chi connectivity index (χ0) is 19.8. The second-order valence-corrected chi connectivity index (χ2v) is 6.74. The van der Waals surface area contributed by atoms with E-state index in [1.54, 1.807) is 20.9 Å². The van der Waals surface area contributed by atoms with Gasteiger partial charge in [-0.25, -0.2) is 0 Å². The molecule has 0 fully saturated rings. The molecule has 0 spiro atoms. The Hall–Kier alpha value is -3.42. The maximum absolute atomic E-state index is 12.6. The predicted molar refractivity (Wildman–Crippen MR) is 98.8 cm³/mol. The van der Waals surface area contributed by atoms with Gasteiger partial charge in [-0.05, 0) is 25.5 Å². The molecule has 0 aromatic heterocycles. The van der Waals surface area contributed by atoms with Crippen molar-refractivity contribution in [2.75, 3.05) is 11.9 Å². The van der Waals surface area contributed by atoms with Crippen LogP contribution in [0.25, 0.3) is 0 Å². The third kappa shape index (κ3) is 3.46. The Labute approximate surface area is 155 Å². The fourth-order valence-corrected chi connectivity index (χ4v) is 2.94. The molecule has 0 radical (unpaired) electrons. The van der Waals surface area contributed by atoms with Gasteiger partial charge in [0.05, 0.1) is 16.7 Å². The lowest BCUT2D eigenvalue weighted by atomic mass is 10.0. The van der Waals surface area contributed by atoms with Crippen LogP contribution in [0.15, 0.2) is 42.5 Å². The third-order valence-corrected chi connectivity index (χ3v) is 4.36. The second kappa shape index (κ2) is 6.71. The molecule has 8 nitrogen and oxygen atoms in total. The molecule has 0 aliphatic carbocycles. The molecule has 1 aliphatic heterocycles. The number of nitro groups is 1. The van der Waals surface area contributed by atoms with E-state index in [0.29, 0.717) is 5.69 Å². The lowest BCUT2D eigenvalue weighted by molar-refractivity contribution is -0.385. The number of benzene rings is 2. The Morgan fingerprint density at radius 2 is 1.93 bits per heavy atom. The van der Waals surface area contributed by atoms with Crippen molar-refractivity contribution in [1.82, 2.24) is 5.32 Å². The summed E-state index contributed by atoms with van der Waals surface area (Å²) in [6.07, 6.45) is 0. The minimum atomic E-state index is -1.15. The molecule has 0 bridgehead atoms. The van der Waals surface area contributed by atoms with E-state index in [-0.39, 0.29) is 29.5 Å². The van der Waals surface area contributed by atoms with Gasteiger partial charge in [-0.1, -0.05) is 30.3 Å². The Kier molecular flexibility index (Phi) is 4.57. The maximum atomic E-state index is 12.6. The molecule has 0 unspecified atom stereocenters. The number of anilines is 1. The summed E-state index contributed by atoms with van der Waals surface area (Å²) in [7, 11) is 1.54. The van der Waals surface area contributed by atoms with Gasteiger partial charge in [0.15, 0.2) is 11.4 Å². The summed E-state index contributed by atoms with van der Waals surface area (Å²) in [6, 6.07) is 11.7. The lowest BCUT2D eigenvalue weighted by Gasteiger charge is -2.36. The summed E-state index contributed by atoms with van der Waals surface area (Å²) < 4.78 is 5.63. The first-order valence-corrected chi connectivity index (χ1v) is 8.32. The van der Waals surface area contributed by atoms with Gasteiger partial charge in [0.2, 0.25) is 0 Å². The Bertz CT molecular complexity index is 924. The summed E-state index contributed by atoms with van der Waals surface area (Å²) in [5.41, 5.74) is -0.471. The van der Waals surface area contributed by atoms with Gasteiger partial charge < -0.3 is 15.0 Å². The van der Waals surface area contributed by atoms with E-state index in [1.807, 2.05) is 30.3 Å². The minimum absolute atomic E-state index is 0.127. The number of nitrogens with zero attached hydrogens (tertiary/aromatic N) is 2. The predicted octanol–water partition coefficient (Wildman–Crippen LogP) is 2.66. The SMILES string of the molecule is CN1C(=O)C(C)(C)Oc2cc([N+](=O)[O-])c(C(=O)NCc3ccccc3)cc21. The molecule has 27 heavy (non-hydrogen) atoms. The van der Waals surface area contributed by atoms with Gasteiger partial charge >= 0.3 is 0 Å². The normalized spacial score (nSPS) is 14.9. The zero-order valence-corrected chi connectivity index (χ0v) is 15.2. The molecule has 1 heterocycles. The fourth-order valence-electron chi connectivity index (χ4n) is 2.94. The molecule has 8 heteroatoms. The summed E-state index contributed by atoms with van der Waals surface area (Å²) in [4.78, 5) is 37.2. The number of amides is 2. The van der Waals surface area contributed by atoms with Crippen molar-refractivity contribution >= 4 is 23.2 Å². The first-order valence-electron chi connectivity index (χ1n) is 8.32. The van der Waals surface area contributed by atoms with Crippen LogP contribution in [0.5, 0.6) is 5.75 Å². The van der Waals surface area contributed by atoms with Gasteiger partial charge in [-0.15, -0.1) is 0 Å². The van der Waals surface area contributed by atoms with Crippen molar-refractivity contribution in [2.24, 2.45) is 0 Å². The molecule has 1 N–H and O–H groups in total. The highest BCUT2D eigenvalue weighted by Crippen LogP contribution is 2.41. The van der Waals surface area contributed by atoms with Gasteiger partial charge in [-0.2, -0.15) is 0 Å². The van der Waals surface area contributed by atoms with Gasteiger partial charge in [0, 0.05) is 13.6 Å². The lowest BCUT2D eigenvalue weighted by Crippen LogP contribution is -2.51. The molecule has 140 valence electrons. The number of hydrogen-bond donors (Lipinski definition) is 1. The molecule has 0 atom stereocenters. The van der Waals surface area contributed by atoms with Crippen molar-refractivity contribution in [3.8, 4) is 5.75 Å². The number of carbonyl (C=O) groups is 2. The monoisotopic (exact) mass is 369 g/mol. The van der Waals surface area contributed by atoms with Crippen LogP contribution in [-0.2, 0) is 11.3 Å². The van der Waals surface area contributed by atoms with Crippen LogP contribution >= 0.6 is 0 Å². The number of carbonyl (C=O) groups excluding carboxylic acids is 2. The average molecular weight is 369 g/mol. The van der Waals surface area contributed by atoms with Crippen molar-refractivity contribution in [1.29, 1.82) is 0 Å². The second-order valence-electron chi connectivity index (χ2n) is 6.74. The average Bonchev–Trinajstić information content (AvgIpc) is 2.64. The molecule has 1 aliphatic rings. The summed E-state index contributed by atoms with van der Waals surface area (Å²) in [5, 5.41) is 14.2. The molecule has 0 saturated carbocycles. The molecular formula is C19H19N3O5. The van der Waals surface area contributed by atoms with E-state index in [0.717, 1.165) is 5.56 Å². The van der Waals surface area contributed by atoms with Gasteiger partial charge in [0.25, 0.3) is 17.5 Å². The zero-order valence-electron chi connectivity index (χ0n) is 15.2. The van der Waals surface area contributed by atoms with Crippen molar-refractivity contribution in [2.45, 2.75) is 26.0 Å². The number of nitrogens with one attached hydrogen (secondary N) is 1. The number of fused-ring (bicyclic) bond motifs is 1. The Balaban J connectivity index is 1.96. The molecule has 0 saturated heterocycles. The summed E-state index contributed by atoms with van der Waals surface area (Å²) in [6.45, 7) is 3.40. The highest BCUT2D eigenvalue weighted by atomic mass is 16.6. The van der Waals surface area contributed by atoms with Crippen molar-refractivity contribution < 1.29 is 19.2 Å². The molecule has 2 aromatic carbocycles. The third-order valence-electron chi connectivity index (χ3n) is 4.36. The summed E-state index contributed by atoms with van der Waals surface area (Å²) >= 11 is 0. The highest BCUT2D eigenvalue weighted by molar-refractivity contribution is 6.05. The number of ether oxygens (including phenoxy) is 1. The van der Waals surface area contributed by atoms with Crippen molar-refractivity contribution in [3.05, 3.63) is 63.7 Å². The van der Waals surface area contributed by atoms with Crippen molar-refractivity contribution in [3.63, 3.8) is 0 Å². The Morgan fingerprint density at radius 3 is 2.56 bits per heavy atom. The van der Waals surface area contributed by atoms with Crippen LogP contribution in [-0.4, -0.2) is 29.4 Å². The molecular weight excluding hydrogens is 350 g/mol. The Morgan fingerprint density at radius 1 is 1.26 bits per heavy atom. The van der Waals surface area contributed by atoms with Crippen LogP contribution in [0.2, 0.25) is 0 Å².